The molecule has 2 atom stereocenters. The summed E-state index contributed by atoms with van der Waals surface area (Å²) in [4.78, 5) is 12.3. The lowest BCUT2D eigenvalue weighted by Crippen LogP contribution is -2.41. The predicted molar refractivity (Wildman–Crippen MR) is 98.4 cm³/mol. The first kappa shape index (κ1) is 18.1. The lowest BCUT2D eigenvalue weighted by Gasteiger charge is -2.20. The topological polar surface area (TPSA) is 38.3 Å². The van der Waals surface area contributed by atoms with E-state index >= 15 is 0 Å². The molecular weight excluding hydrogens is 298 g/mol. The number of carbonyl (C=O) groups excluding carboxylic acids is 1. The standard InChI is InChI=1S/C21H27NO2/c1-15-10-11-16(2)20(14-15)24-18(4)21(23)22-17(3)12-13-19-8-6-5-7-9-19/h5-11,14,17-18H,12-13H2,1-4H3,(H,22,23)/t17-,18-/m0/s1. The van der Waals surface area contributed by atoms with E-state index in [4.69, 9.17) is 4.74 Å². The molecule has 2 rings (SSSR count). The molecule has 2 aromatic carbocycles. The average Bonchev–Trinajstić information content (AvgIpc) is 2.57. The SMILES string of the molecule is Cc1ccc(C)c(O[C@@H](C)C(=O)N[C@@H](C)CCc2ccccc2)c1. The Labute approximate surface area is 145 Å². The maximum Gasteiger partial charge on any atom is 0.260 e. The van der Waals surface area contributed by atoms with Crippen LogP contribution in [0.25, 0.3) is 0 Å². The second kappa shape index (κ2) is 8.53. The average molecular weight is 325 g/mol. The Hall–Kier alpha value is -2.29. The summed E-state index contributed by atoms with van der Waals surface area (Å²) in [5, 5.41) is 3.04. The molecule has 0 aliphatic heterocycles. The zero-order valence-corrected chi connectivity index (χ0v) is 15.0. The molecule has 0 unspecified atom stereocenters. The van der Waals surface area contributed by atoms with E-state index < -0.39 is 6.10 Å². The summed E-state index contributed by atoms with van der Waals surface area (Å²) in [7, 11) is 0. The lowest BCUT2D eigenvalue weighted by atomic mass is 10.1. The molecule has 3 nitrogen and oxygen atoms in total. The Morgan fingerprint density at radius 3 is 2.50 bits per heavy atom. The lowest BCUT2D eigenvalue weighted by molar-refractivity contribution is -0.127. The third-order valence-corrected chi connectivity index (χ3v) is 4.11. The molecule has 0 spiro atoms. The van der Waals surface area contributed by atoms with Gasteiger partial charge in [0.2, 0.25) is 0 Å². The quantitative estimate of drug-likeness (QED) is 0.828. The summed E-state index contributed by atoms with van der Waals surface area (Å²) in [6.07, 6.45) is 1.35. The minimum absolute atomic E-state index is 0.0727. The Morgan fingerprint density at radius 1 is 1.08 bits per heavy atom. The van der Waals surface area contributed by atoms with Crippen molar-refractivity contribution in [3.8, 4) is 5.75 Å². The number of nitrogens with one attached hydrogen (secondary N) is 1. The molecule has 3 heteroatoms. The number of hydrogen-bond donors (Lipinski definition) is 1. The van der Waals surface area contributed by atoms with E-state index in [2.05, 4.69) is 17.4 Å². The maximum atomic E-state index is 12.3. The Kier molecular flexibility index (Phi) is 6.42. The highest BCUT2D eigenvalue weighted by Gasteiger charge is 2.17. The molecule has 0 aliphatic rings. The number of aryl methyl sites for hydroxylation is 3. The van der Waals surface area contributed by atoms with Gasteiger partial charge in [-0.3, -0.25) is 4.79 Å². The summed E-state index contributed by atoms with van der Waals surface area (Å²) in [6.45, 7) is 7.83. The van der Waals surface area contributed by atoms with Gasteiger partial charge in [-0.25, -0.2) is 0 Å². The monoisotopic (exact) mass is 325 g/mol. The van der Waals surface area contributed by atoms with Gasteiger partial charge in [0.15, 0.2) is 6.10 Å². The molecule has 0 heterocycles. The van der Waals surface area contributed by atoms with Crippen molar-refractivity contribution in [2.45, 2.75) is 52.7 Å². The van der Waals surface area contributed by atoms with Gasteiger partial charge in [-0.2, -0.15) is 0 Å². The van der Waals surface area contributed by atoms with Crippen molar-refractivity contribution < 1.29 is 9.53 Å². The van der Waals surface area contributed by atoms with Crippen LogP contribution < -0.4 is 10.1 Å². The van der Waals surface area contributed by atoms with E-state index in [1.807, 2.05) is 57.2 Å². The van der Waals surface area contributed by atoms with Crippen LogP contribution in [0, 0.1) is 13.8 Å². The predicted octanol–water partition coefficient (Wildman–Crippen LogP) is 4.21. The van der Waals surface area contributed by atoms with Crippen molar-refractivity contribution in [3.63, 3.8) is 0 Å². The second-order valence-corrected chi connectivity index (χ2v) is 6.46. The van der Waals surface area contributed by atoms with Crippen LogP contribution >= 0.6 is 0 Å². The highest BCUT2D eigenvalue weighted by atomic mass is 16.5. The zero-order valence-electron chi connectivity index (χ0n) is 15.0. The first-order valence-electron chi connectivity index (χ1n) is 8.54. The van der Waals surface area contributed by atoms with Crippen LogP contribution in [0.15, 0.2) is 48.5 Å². The molecule has 1 amide bonds. The van der Waals surface area contributed by atoms with Gasteiger partial charge in [-0.15, -0.1) is 0 Å². The van der Waals surface area contributed by atoms with Crippen LogP contribution in [0.4, 0.5) is 0 Å². The number of amides is 1. The van der Waals surface area contributed by atoms with Gasteiger partial charge >= 0.3 is 0 Å². The highest BCUT2D eigenvalue weighted by Crippen LogP contribution is 2.20. The van der Waals surface area contributed by atoms with Gasteiger partial charge < -0.3 is 10.1 Å². The van der Waals surface area contributed by atoms with Gasteiger partial charge in [0.05, 0.1) is 0 Å². The molecule has 128 valence electrons. The highest BCUT2D eigenvalue weighted by molar-refractivity contribution is 5.81. The number of carbonyl (C=O) groups is 1. The fourth-order valence-electron chi connectivity index (χ4n) is 2.54. The van der Waals surface area contributed by atoms with Crippen molar-refractivity contribution >= 4 is 5.91 Å². The van der Waals surface area contributed by atoms with Crippen molar-refractivity contribution in [3.05, 3.63) is 65.2 Å². The molecule has 0 aromatic heterocycles. The van der Waals surface area contributed by atoms with Crippen LogP contribution in [0.2, 0.25) is 0 Å². The van der Waals surface area contributed by atoms with Gasteiger partial charge in [-0.1, -0.05) is 42.5 Å². The van der Waals surface area contributed by atoms with Crippen molar-refractivity contribution in [1.29, 1.82) is 0 Å². The molecule has 0 fully saturated rings. The zero-order chi connectivity index (χ0) is 17.5. The summed E-state index contributed by atoms with van der Waals surface area (Å²) < 4.78 is 5.84. The smallest absolute Gasteiger partial charge is 0.260 e. The number of hydrogen-bond acceptors (Lipinski definition) is 2. The fraction of sp³-hybridized carbons (Fsp3) is 0.381. The van der Waals surface area contributed by atoms with Crippen molar-refractivity contribution in [1.82, 2.24) is 5.32 Å². The summed E-state index contributed by atoms with van der Waals surface area (Å²) in [6, 6.07) is 16.5. The van der Waals surface area contributed by atoms with Crippen LogP contribution in [0.3, 0.4) is 0 Å². The summed E-state index contributed by atoms with van der Waals surface area (Å²) >= 11 is 0. The number of benzene rings is 2. The molecule has 1 N–H and O–H groups in total. The van der Waals surface area contributed by atoms with E-state index in [0.29, 0.717) is 0 Å². The van der Waals surface area contributed by atoms with E-state index in [0.717, 1.165) is 29.7 Å². The molecule has 2 aromatic rings. The Morgan fingerprint density at radius 2 is 1.79 bits per heavy atom. The molecule has 24 heavy (non-hydrogen) atoms. The van der Waals surface area contributed by atoms with Gasteiger partial charge in [0.1, 0.15) is 5.75 Å². The van der Waals surface area contributed by atoms with Crippen LogP contribution in [0.5, 0.6) is 5.75 Å². The third kappa shape index (κ3) is 5.41. The first-order valence-corrected chi connectivity index (χ1v) is 8.54. The van der Waals surface area contributed by atoms with Crippen LogP contribution in [0.1, 0.15) is 37.0 Å². The molecule has 0 saturated carbocycles. The molecule has 0 saturated heterocycles. The minimum Gasteiger partial charge on any atom is -0.481 e. The summed E-state index contributed by atoms with van der Waals surface area (Å²) in [5.41, 5.74) is 3.45. The second-order valence-electron chi connectivity index (χ2n) is 6.46. The van der Waals surface area contributed by atoms with Crippen molar-refractivity contribution in [2.24, 2.45) is 0 Å². The van der Waals surface area contributed by atoms with E-state index in [1.165, 1.54) is 5.56 Å². The molecular formula is C21H27NO2. The Balaban J connectivity index is 1.83. The molecule has 0 aliphatic carbocycles. The minimum atomic E-state index is -0.510. The largest absolute Gasteiger partial charge is 0.481 e. The fourth-order valence-corrected chi connectivity index (χ4v) is 2.54. The maximum absolute atomic E-state index is 12.3. The summed E-state index contributed by atoms with van der Waals surface area (Å²) in [5.74, 6) is 0.700. The normalized spacial score (nSPS) is 13.2. The number of ether oxygens (including phenoxy) is 1. The van der Waals surface area contributed by atoms with Crippen molar-refractivity contribution in [2.75, 3.05) is 0 Å². The van der Waals surface area contributed by atoms with E-state index in [1.54, 1.807) is 6.92 Å². The van der Waals surface area contributed by atoms with Crippen LogP contribution in [-0.4, -0.2) is 18.1 Å². The van der Waals surface area contributed by atoms with Crippen LogP contribution in [-0.2, 0) is 11.2 Å². The number of rotatable bonds is 7. The molecule has 0 radical (unpaired) electrons. The van der Waals surface area contributed by atoms with E-state index in [9.17, 15) is 4.79 Å². The Bertz CT molecular complexity index is 667. The van der Waals surface area contributed by atoms with Gasteiger partial charge in [0, 0.05) is 6.04 Å². The molecule has 0 bridgehead atoms. The van der Waals surface area contributed by atoms with Gasteiger partial charge in [-0.05, 0) is 63.3 Å². The van der Waals surface area contributed by atoms with Gasteiger partial charge in [0.25, 0.3) is 5.91 Å². The third-order valence-electron chi connectivity index (χ3n) is 4.11. The van der Waals surface area contributed by atoms with E-state index in [-0.39, 0.29) is 11.9 Å². The first-order chi connectivity index (χ1) is 11.5.